The zero-order valence-corrected chi connectivity index (χ0v) is 14.3. The molecule has 1 heterocycles. The Balaban J connectivity index is 2.02. The standard InChI is InChI=1S/C18H25N3O4/c22-17(23)16(14-6-2-1-3-7-14)21(25,15-8-4-5-9-15)18(24)20-12-10-19-11-13-20/h1-3,6-7,15-16,19H,4-5,8-13H2,(H,22,23). The van der Waals surface area contributed by atoms with Crippen LogP contribution in [0.5, 0.6) is 0 Å². The van der Waals surface area contributed by atoms with Crippen LogP contribution < -0.4 is 5.32 Å². The predicted octanol–water partition coefficient (Wildman–Crippen LogP) is 2.09. The summed E-state index contributed by atoms with van der Waals surface area (Å²) in [4.78, 5) is 26.8. The molecule has 1 aromatic carbocycles. The number of amides is 2. The molecular weight excluding hydrogens is 322 g/mol. The summed E-state index contributed by atoms with van der Waals surface area (Å²) in [6, 6.07) is 5.92. The first-order valence-corrected chi connectivity index (χ1v) is 8.92. The molecule has 3 rings (SSSR count). The number of carboxylic acid groups (broad SMARTS) is 1. The summed E-state index contributed by atoms with van der Waals surface area (Å²) in [5.41, 5.74) is 0.389. The number of hydroxylamine groups is 3. The maximum atomic E-state index is 14.0. The van der Waals surface area contributed by atoms with Gasteiger partial charge in [0.05, 0.1) is 6.04 Å². The van der Waals surface area contributed by atoms with Crippen molar-refractivity contribution in [2.24, 2.45) is 0 Å². The van der Waals surface area contributed by atoms with E-state index in [0.717, 1.165) is 12.8 Å². The fourth-order valence-corrected chi connectivity index (χ4v) is 4.01. The van der Waals surface area contributed by atoms with Gasteiger partial charge in [-0.2, -0.15) is 0 Å². The number of rotatable bonds is 4. The van der Waals surface area contributed by atoms with Crippen LogP contribution in [-0.4, -0.2) is 58.9 Å². The number of hydrogen-bond acceptors (Lipinski definition) is 4. The van der Waals surface area contributed by atoms with Gasteiger partial charge in [0.15, 0.2) is 0 Å². The second-order valence-electron chi connectivity index (χ2n) is 6.82. The van der Waals surface area contributed by atoms with Crippen molar-refractivity contribution < 1.29 is 19.3 Å². The van der Waals surface area contributed by atoms with E-state index in [9.17, 15) is 19.9 Å². The maximum Gasteiger partial charge on any atom is 0.420 e. The number of aliphatic carboxylic acids is 1. The lowest BCUT2D eigenvalue weighted by Gasteiger charge is -2.50. The fourth-order valence-electron chi connectivity index (χ4n) is 4.01. The Kier molecular flexibility index (Phi) is 5.36. The molecular formula is C18H25N3O4. The van der Waals surface area contributed by atoms with Gasteiger partial charge in [0.1, 0.15) is 0 Å². The molecule has 0 bridgehead atoms. The van der Waals surface area contributed by atoms with Gasteiger partial charge in [-0.3, -0.25) is 9.55 Å². The highest BCUT2D eigenvalue weighted by Crippen LogP contribution is 2.39. The summed E-state index contributed by atoms with van der Waals surface area (Å²) in [6.45, 7) is 2.13. The van der Waals surface area contributed by atoms with Crippen LogP contribution in [0.1, 0.15) is 37.3 Å². The number of carbonyl (C=O) groups excluding carboxylic acids is 1. The summed E-state index contributed by atoms with van der Waals surface area (Å²) in [5, 5.41) is 27.0. The molecule has 2 unspecified atom stereocenters. The van der Waals surface area contributed by atoms with E-state index in [1.54, 1.807) is 30.3 Å². The number of carbonyl (C=O) groups is 2. The summed E-state index contributed by atoms with van der Waals surface area (Å²) in [5.74, 6) is -1.24. The Morgan fingerprint density at radius 1 is 1.16 bits per heavy atom. The number of piperazine rings is 1. The lowest BCUT2D eigenvalue weighted by atomic mass is 10.0. The Hall–Kier alpha value is -1.96. The highest BCUT2D eigenvalue weighted by Gasteiger charge is 2.50. The number of urea groups is 1. The molecule has 0 spiro atoms. The SMILES string of the molecule is O=C(O)C(c1ccccc1)[N+]([O-])(C(=O)N1CCNCC1)C1CCCC1. The van der Waals surface area contributed by atoms with Crippen LogP contribution in [0.25, 0.3) is 0 Å². The van der Waals surface area contributed by atoms with Gasteiger partial charge in [-0.05, 0) is 12.8 Å². The zero-order chi connectivity index (χ0) is 17.9. The van der Waals surface area contributed by atoms with Crippen LogP contribution in [0, 0.1) is 5.21 Å². The van der Waals surface area contributed by atoms with Crippen LogP contribution in [0.3, 0.4) is 0 Å². The molecule has 1 saturated heterocycles. The number of nitrogens with one attached hydrogen (secondary N) is 1. The first-order chi connectivity index (χ1) is 12.0. The maximum absolute atomic E-state index is 14.0. The zero-order valence-electron chi connectivity index (χ0n) is 14.3. The Morgan fingerprint density at radius 2 is 1.76 bits per heavy atom. The van der Waals surface area contributed by atoms with Gasteiger partial charge < -0.3 is 15.6 Å². The molecule has 2 aliphatic rings. The van der Waals surface area contributed by atoms with Gasteiger partial charge in [0.25, 0.3) is 0 Å². The quantitative estimate of drug-likeness (QED) is 0.643. The largest absolute Gasteiger partial charge is 0.623 e. The third-order valence-electron chi connectivity index (χ3n) is 5.29. The lowest BCUT2D eigenvalue weighted by molar-refractivity contribution is -0.852. The van der Waals surface area contributed by atoms with Crippen molar-refractivity contribution in [1.82, 2.24) is 10.2 Å². The highest BCUT2D eigenvalue weighted by atomic mass is 16.6. The van der Waals surface area contributed by atoms with E-state index in [1.807, 2.05) is 0 Å². The van der Waals surface area contributed by atoms with E-state index < -0.39 is 28.7 Å². The van der Waals surface area contributed by atoms with Crippen LogP contribution in [0.15, 0.2) is 30.3 Å². The topological polar surface area (TPSA) is 92.7 Å². The number of nitrogens with zero attached hydrogens (tertiary/aromatic N) is 2. The molecule has 0 aromatic heterocycles. The van der Waals surface area contributed by atoms with Gasteiger partial charge in [-0.25, -0.2) is 9.59 Å². The number of quaternary nitrogens is 1. The van der Waals surface area contributed by atoms with E-state index in [0.29, 0.717) is 44.6 Å². The fraction of sp³-hybridized carbons (Fsp3) is 0.556. The molecule has 1 aliphatic heterocycles. The smallest absolute Gasteiger partial charge is 0.420 e. The molecule has 2 fully saturated rings. The molecule has 7 heteroatoms. The molecule has 7 nitrogen and oxygen atoms in total. The van der Waals surface area contributed by atoms with Crippen molar-refractivity contribution in [2.45, 2.75) is 37.8 Å². The second-order valence-corrected chi connectivity index (χ2v) is 6.82. The minimum Gasteiger partial charge on any atom is -0.623 e. The summed E-state index contributed by atoms with van der Waals surface area (Å²) < 4.78 is -1.31. The van der Waals surface area contributed by atoms with Crippen molar-refractivity contribution in [3.63, 3.8) is 0 Å². The third-order valence-corrected chi connectivity index (χ3v) is 5.29. The molecule has 2 N–H and O–H groups in total. The molecule has 2 atom stereocenters. The molecule has 136 valence electrons. The summed E-state index contributed by atoms with van der Waals surface area (Å²) in [6.07, 6.45) is 2.92. The van der Waals surface area contributed by atoms with Crippen molar-refractivity contribution in [2.75, 3.05) is 26.2 Å². The predicted molar refractivity (Wildman–Crippen MR) is 92.5 cm³/mol. The van der Waals surface area contributed by atoms with Gasteiger partial charge in [0, 0.05) is 44.6 Å². The monoisotopic (exact) mass is 347 g/mol. The summed E-state index contributed by atoms with van der Waals surface area (Å²) >= 11 is 0. The molecule has 0 radical (unpaired) electrons. The molecule has 1 aliphatic carbocycles. The Labute approximate surface area is 147 Å². The first-order valence-electron chi connectivity index (χ1n) is 8.92. The lowest BCUT2D eigenvalue weighted by Crippen LogP contribution is -2.64. The normalized spacial score (nSPS) is 22.4. The van der Waals surface area contributed by atoms with Crippen LogP contribution in [0.2, 0.25) is 0 Å². The minimum absolute atomic E-state index is 0.389. The van der Waals surface area contributed by atoms with E-state index in [4.69, 9.17) is 0 Å². The van der Waals surface area contributed by atoms with Crippen LogP contribution in [0.4, 0.5) is 4.79 Å². The molecule has 1 aromatic rings. The third kappa shape index (κ3) is 3.40. The van der Waals surface area contributed by atoms with Gasteiger partial charge in [0.2, 0.25) is 6.04 Å². The molecule has 2 amide bonds. The van der Waals surface area contributed by atoms with Crippen molar-refractivity contribution >= 4 is 12.0 Å². The van der Waals surface area contributed by atoms with Crippen LogP contribution >= 0.6 is 0 Å². The number of benzene rings is 1. The van der Waals surface area contributed by atoms with Crippen molar-refractivity contribution in [3.05, 3.63) is 41.1 Å². The van der Waals surface area contributed by atoms with E-state index in [-0.39, 0.29) is 0 Å². The average molecular weight is 347 g/mol. The molecule has 25 heavy (non-hydrogen) atoms. The van der Waals surface area contributed by atoms with Crippen molar-refractivity contribution in [1.29, 1.82) is 0 Å². The van der Waals surface area contributed by atoms with E-state index >= 15 is 0 Å². The molecule has 1 saturated carbocycles. The van der Waals surface area contributed by atoms with E-state index in [1.165, 1.54) is 4.90 Å². The average Bonchev–Trinajstić information content (AvgIpc) is 3.17. The van der Waals surface area contributed by atoms with Crippen LogP contribution in [-0.2, 0) is 4.79 Å². The van der Waals surface area contributed by atoms with Gasteiger partial charge in [-0.1, -0.05) is 30.3 Å². The second kappa shape index (κ2) is 7.51. The van der Waals surface area contributed by atoms with Crippen molar-refractivity contribution in [3.8, 4) is 0 Å². The Morgan fingerprint density at radius 3 is 2.32 bits per heavy atom. The van der Waals surface area contributed by atoms with Gasteiger partial charge in [-0.15, -0.1) is 0 Å². The highest BCUT2D eigenvalue weighted by molar-refractivity contribution is 5.79. The minimum atomic E-state index is -1.42. The Bertz CT molecular complexity index is 612. The first kappa shape index (κ1) is 17.8. The van der Waals surface area contributed by atoms with E-state index in [2.05, 4.69) is 5.32 Å². The van der Waals surface area contributed by atoms with Gasteiger partial charge >= 0.3 is 12.0 Å². The number of carboxylic acids is 1. The summed E-state index contributed by atoms with van der Waals surface area (Å²) in [7, 11) is 0. The number of hydrogen-bond donors (Lipinski definition) is 2.